The Kier molecular flexibility index (Phi) is 6.01. The number of aliphatic hydroxyl groups excluding tert-OH is 1. The molecule has 1 unspecified atom stereocenters. The van der Waals surface area contributed by atoms with E-state index in [1.54, 1.807) is 42.5 Å². The summed E-state index contributed by atoms with van der Waals surface area (Å²) in [4.78, 5) is 30.2. The SMILES string of the molecule is CCOc1cccc(/C(O)=C2\C(=O)C(=O)N(c3ccc4c(c3)OCO4)C2c2ccc(N(C)C)cc2)c1. The molecule has 8 heteroatoms. The number of ketones is 1. The van der Waals surface area contributed by atoms with Crippen LogP contribution in [0.4, 0.5) is 11.4 Å². The first-order valence-corrected chi connectivity index (χ1v) is 11.6. The van der Waals surface area contributed by atoms with Crippen molar-refractivity contribution < 1.29 is 28.9 Å². The number of carbonyl (C=O) groups is 2. The Labute approximate surface area is 208 Å². The van der Waals surface area contributed by atoms with Crippen LogP contribution in [0.2, 0.25) is 0 Å². The lowest BCUT2D eigenvalue weighted by Gasteiger charge is -2.26. The average Bonchev–Trinajstić information content (AvgIpc) is 3.46. The van der Waals surface area contributed by atoms with Gasteiger partial charge in [0.05, 0.1) is 18.2 Å². The molecule has 2 aliphatic rings. The fourth-order valence-corrected chi connectivity index (χ4v) is 4.46. The van der Waals surface area contributed by atoms with Gasteiger partial charge < -0.3 is 24.2 Å². The van der Waals surface area contributed by atoms with Crippen LogP contribution in [0.5, 0.6) is 17.2 Å². The molecule has 1 saturated heterocycles. The van der Waals surface area contributed by atoms with E-state index in [1.165, 1.54) is 4.90 Å². The van der Waals surface area contributed by atoms with Gasteiger partial charge in [0.2, 0.25) is 6.79 Å². The number of hydrogen-bond acceptors (Lipinski definition) is 7. The first-order valence-electron chi connectivity index (χ1n) is 11.6. The Morgan fingerprint density at radius 2 is 1.78 bits per heavy atom. The van der Waals surface area contributed by atoms with Gasteiger partial charge in [0.1, 0.15) is 11.5 Å². The molecule has 3 aromatic rings. The molecule has 0 radical (unpaired) electrons. The van der Waals surface area contributed by atoms with Crippen LogP contribution in [0.1, 0.15) is 24.1 Å². The van der Waals surface area contributed by atoms with Crippen LogP contribution in [-0.2, 0) is 9.59 Å². The average molecular weight is 487 g/mol. The molecule has 1 amide bonds. The molecule has 0 spiro atoms. The van der Waals surface area contributed by atoms with Crippen molar-refractivity contribution >= 4 is 28.8 Å². The van der Waals surface area contributed by atoms with Crippen LogP contribution in [0.3, 0.4) is 0 Å². The number of fused-ring (bicyclic) bond motifs is 1. The van der Waals surface area contributed by atoms with Crippen LogP contribution < -0.4 is 24.0 Å². The molecule has 1 atom stereocenters. The maximum Gasteiger partial charge on any atom is 0.300 e. The van der Waals surface area contributed by atoms with Gasteiger partial charge in [-0.2, -0.15) is 0 Å². The number of amides is 1. The summed E-state index contributed by atoms with van der Waals surface area (Å²) in [6.45, 7) is 2.40. The number of anilines is 2. The fraction of sp³-hybridized carbons (Fsp3) is 0.214. The molecule has 0 aromatic heterocycles. The molecule has 0 bridgehead atoms. The number of nitrogens with zero attached hydrogens (tertiary/aromatic N) is 2. The van der Waals surface area contributed by atoms with E-state index >= 15 is 0 Å². The molecule has 2 heterocycles. The predicted molar refractivity (Wildman–Crippen MR) is 136 cm³/mol. The van der Waals surface area contributed by atoms with Gasteiger partial charge in [-0.15, -0.1) is 0 Å². The van der Waals surface area contributed by atoms with Gasteiger partial charge >= 0.3 is 0 Å². The second-order valence-electron chi connectivity index (χ2n) is 8.65. The molecule has 5 rings (SSSR count). The van der Waals surface area contributed by atoms with Crippen LogP contribution in [0.15, 0.2) is 72.3 Å². The number of carbonyl (C=O) groups excluding carboxylic acids is 2. The number of Topliss-reactive ketones (excluding diaryl/α,β-unsaturated/α-hetero) is 1. The highest BCUT2D eigenvalue weighted by molar-refractivity contribution is 6.51. The van der Waals surface area contributed by atoms with Crippen molar-refractivity contribution in [1.82, 2.24) is 0 Å². The zero-order valence-corrected chi connectivity index (χ0v) is 20.2. The molecule has 8 nitrogen and oxygen atoms in total. The molecule has 3 aromatic carbocycles. The highest BCUT2D eigenvalue weighted by Crippen LogP contribution is 2.45. The summed E-state index contributed by atoms with van der Waals surface area (Å²) in [5.41, 5.74) is 2.50. The number of hydrogen-bond donors (Lipinski definition) is 1. The highest BCUT2D eigenvalue weighted by Gasteiger charge is 2.47. The Morgan fingerprint density at radius 3 is 2.50 bits per heavy atom. The van der Waals surface area contributed by atoms with E-state index in [0.717, 1.165) is 5.69 Å². The third-order valence-corrected chi connectivity index (χ3v) is 6.22. The van der Waals surface area contributed by atoms with Gasteiger partial charge in [-0.25, -0.2) is 0 Å². The minimum Gasteiger partial charge on any atom is -0.507 e. The summed E-state index contributed by atoms with van der Waals surface area (Å²) < 4.78 is 16.5. The molecule has 0 saturated carbocycles. The maximum atomic E-state index is 13.4. The lowest BCUT2D eigenvalue weighted by Crippen LogP contribution is -2.29. The first kappa shape index (κ1) is 23.3. The van der Waals surface area contributed by atoms with Crippen molar-refractivity contribution in [1.29, 1.82) is 0 Å². The van der Waals surface area contributed by atoms with Gasteiger partial charge in [-0.3, -0.25) is 14.5 Å². The number of ether oxygens (including phenoxy) is 3. The van der Waals surface area contributed by atoms with Gasteiger partial charge in [0.15, 0.2) is 11.5 Å². The minimum atomic E-state index is -0.850. The molecule has 184 valence electrons. The Morgan fingerprint density at radius 1 is 1.03 bits per heavy atom. The van der Waals surface area contributed by atoms with Crippen molar-refractivity contribution in [3.63, 3.8) is 0 Å². The van der Waals surface area contributed by atoms with Crippen molar-refractivity contribution in [2.75, 3.05) is 37.3 Å². The Hall–Kier alpha value is -4.46. The van der Waals surface area contributed by atoms with E-state index in [0.29, 0.717) is 40.7 Å². The van der Waals surface area contributed by atoms with Crippen molar-refractivity contribution in [3.05, 3.63) is 83.4 Å². The van der Waals surface area contributed by atoms with Gasteiger partial charge in [-0.1, -0.05) is 24.3 Å². The van der Waals surface area contributed by atoms with E-state index in [1.807, 2.05) is 50.2 Å². The quantitative estimate of drug-likeness (QED) is 0.312. The van der Waals surface area contributed by atoms with E-state index in [9.17, 15) is 14.7 Å². The summed E-state index contributed by atoms with van der Waals surface area (Å²) in [7, 11) is 3.86. The third kappa shape index (κ3) is 4.00. The number of aliphatic hydroxyl groups is 1. The van der Waals surface area contributed by atoms with E-state index in [4.69, 9.17) is 14.2 Å². The lowest BCUT2D eigenvalue weighted by atomic mass is 9.94. The molecule has 1 fully saturated rings. The van der Waals surface area contributed by atoms with Crippen LogP contribution in [-0.4, -0.2) is 44.3 Å². The second-order valence-corrected chi connectivity index (χ2v) is 8.65. The van der Waals surface area contributed by atoms with Crippen molar-refractivity contribution in [2.45, 2.75) is 13.0 Å². The largest absolute Gasteiger partial charge is 0.507 e. The molecule has 0 aliphatic carbocycles. The van der Waals surface area contributed by atoms with Gasteiger partial charge in [0.25, 0.3) is 11.7 Å². The summed E-state index contributed by atoms with van der Waals surface area (Å²) in [5, 5.41) is 11.4. The van der Waals surface area contributed by atoms with Gasteiger partial charge in [0, 0.05) is 37.1 Å². The lowest BCUT2D eigenvalue weighted by molar-refractivity contribution is -0.132. The van der Waals surface area contributed by atoms with Crippen LogP contribution >= 0.6 is 0 Å². The highest BCUT2D eigenvalue weighted by atomic mass is 16.7. The Balaban J connectivity index is 1.67. The Bertz CT molecular complexity index is 1360. The standard InChI is InChI=1S/C28H26N2O6/c1-4-34-21-7-5-6-18(14-21)26(31)24-25(17-8-10-19(11-9-17)29(2)3)30(28(33)27(24)32)20-12-13-22-23(15-20)36-16-35-22/h5-15,25,31H,4,16H2,1-3H3/b26-24+. The minimum absolute atomic E-state index is 0.00363. The van der Waals surface area contributed by atoms with E-state index in [-0.39, 0.29) is 18.1 Å². The summed E-state index contributed by atoms with van der Waals surface area (Å²) in [6.07, 6.45) is 0. The monoisotopic (exact) mass is 486 g/mol. The predicted octanol–water partition coefficient (Wildman–Crippen LogP) is 4.51. The third-order valence-electron chi connectivity index (χ3n) is 6.22. The second kappa shape index (κ2) is 9.30. The zero-order chi connectivity index (χ0) is 25.4. The van der Waals surface area contributed by atoms with Crippen molar-refractivity contribution in [2.24, 2.45) is 0 Å². The van der Waals surface area contributed by atoms with Gasteiger partial charge in [-0.05, 0) is 48.9 Å². The maximum absolute atomic E-state index is 13.4. The smallest absolute Gasteiger partial charge is 0.300 e. The summed E-state index contributed by atoms with van der Waals surface area (Å²) in [6, 6.07) is 18.6. The molecule has 36 heavy (non-hydrogen) atoms. The molecule has 1 N–H and O–H groups in total. The van der Waals surface area contributed by atoms with E-state index in [2.05, 4.69) is 0 Å². The fourth-order valence-electron chi connectivity index (χ4n) is 4.46. The summed E-state index contributed by atoms with van der Waals surface area (Å²) in [5.74, 6) is -0.166. The number of benzene rings is 3. The zero-order valence-electron chi connectivity index (χ0n) is 20.2. The van der Waals surface area contributed by atoms with Crippen LogP contribution in [0, 0.1) is 0 Å². The van der Waals surface area contributed by atoms with Crippen LogP contribution in [0.25, 0.3) is 5.76 Å². The number of rotatable bonds is 6. The molecular formula is C28H26N2O6. The first-order chi connectivity index (χ1) is 17.4. The molecular weight excluding hydrogens is 460 g/mol. The topological polar surface area (TPSA) is 88.5 Å². The van der Waals surface area contributed by atoms with E-state index < -0.39 is 17.7 Å². The van der Waals surface area contributed by atoms with Crippen molar-refractivity contribution in [3.8, 4) is 17.2 Å². The molecule has 2 aliphatic heterocycles. The summed E-state index contributed by atoms with van der Waals surface area (Å²) >= 11 is 0. The normalized spacial score (nSPS) is 18.0.